The molecule has 1 aromatic heterocycles. The van der Waals surface area contributed by atoms with Gasteiger partial charge in [0.1, 0.15) is 11.5 Å². The van der Waals surface area contributed by atoms with Gasteiger partial charge < -0.3 is 14.9 Å². The highest BCUT2D eigenvalue weighted by Gasteiger charge is 2.14. The highest BCUT2D eigenvalue weighted by molar-refractivity contribution is 5.76. The van der Waals surface area contributed by atoms with Crippen LogP contribution in [0.15, 0.2) is 59.0 Å². The second kappa shape index (κ2) is 9.22. The van der Waals surface area contributed by atoms with Crippen LogP contribution in [0.1, 0.15) is 30.4 Å². The van der Waals surface area contributed by atoms with Gasteiger partial charge in [0.2, 0.25) is 11.8 Å². The summed E-state index contributed by atoms with van der Waals surface area (Å²) in [6.07, 6.45) is 2.08. The second-order valence-corrected chi connectivity index (χ2v) is 6.84. The molecule has 1 unspecified atom stereocenters. The summed E-state index contributed by atoms with van der Waals surface area (Å²) in [6.45, 7) is 4.41. The molecule has 2 N–H and O–H groups in total. The highest BCUT2D eigenvalue weighted by Crippen LogP contribution is 2.22. The molecule has 0 aliphatic carbocycles. The Morgan fingerprint density at radius 2 is 1.86 bits per heavy atom. The number of hydrogen-bond acceptors (Lipinski definition) is 4. The third kappa shape index (κ3) is 5.00. The summed E-state index contributed by atoms with van der Waals surface area (Å²) in [6, 6.07) is 17.7. The van der Waals surface area contributed by atoms with Gasteiger partial charge in [0.05, 0.1) is 12.3 Å². The first-order chi connectivity index (χ1) is 13.6. The van der Waals surface area contributed by atoms with Crippen LogP contribution in [0.25, 0.3) is 11.5 Å². The van der Waals surface area contributed by atoms with Crippen LogP contribution >= 0.6 is 0 Å². The fraction of sp³-hybridized carbons (Fsp3) is 0.304. The minimum absolute atomic E-state index is 0.124. The number of nitrogens with two attached hydrogens (primary N) is 1. The smallest absolute Gasteiger partial charge is 0.226 e. The van der Waals surface area contributed by atoms with Crippen LogP contribution in [0, 0.1) is 12.8 Å². The van der Waals surface area contributed by atoms with Gasteiger partial charge in [-0.1, -0.05) is 37.3 Å². The number of benzene rings is 2. The molecule has 0 aliphatic heterocycles. The number of primary amides is 1. The third-order valence-electron chi connectivity index (χ3n) is 4.82. The van der Waals surface area contributed by atoms with Crippen LogP contribution < -0.4 is 10.5 Å². The first-order valence-corrected chi connectivity index (χ1v) is 9.59. The van der Waals surface area contributed by atoms with E-state index in [0.717, 1.165) is 34.8 Å². The molecule has 0 saturated heterocycles. The summed E-state index contributed by atoms with van der Waals surface area (Å²) < 4.78 is 11.6. The molecule has 3 aromatic rings. The van der Waals surface area contributed by atoms with Crippen molar-refractivity contribution in [3.05, 3.63) is 71.6 Å². The number of aryl methyl sites for hydroxylation is 1. The monoisotopic (exact) mass is 378 g/mol. The SMILES string of the molecule is CCC(Cc1ccc(OCCc2nc(-c3ccccc3)oc2C)cc1)C(N)=O. The summed E-state index contributed by atoms with van der Waals surface area (Å²) in [5, 5.41) is 0. The number of oxazole rings is 1. The van der Waals surface area contributed by atoms with Crippen LogP contribution in [0.3, 0.4) is 0 Å². The van der Waals surface area contributed by atoms with Gasteiger partial charge in [-0.25, -0.2) is 4.98 Å². The normalized spacial score (nSPS) is 11.9. The lowest BCUT2D eigenvalue weighted by Gasteiger charge is -2.11. The van der Waals surface area contributed by atoms with Crippen molar-refractivity contribution in [3.63, 3.8) is 0 Å². The number of carbonyl (C=O) groups is 1. The maximum Gasteiger partial charge on any atom is 0.226 e. The fourth-order valence-corrected chi connectivity index (χ4v) is 3.08. The van der Waals surface area contributed by atoms with E-state index in [1.807, 2.05) is 68.4 Å². The van der Waals surface area contributed by atoms with Crippen molar-refractivity contribution in [2.24, 2.45) is 11.7 Å². The number of amides is 1. The maximum atomic E-state index is 11.4. The Hall–Kier alpha value is -3.08. The Morgan fingerprint density at radius 3 is 2.50 bits per heavy atom. The van der Waals surface area contributed by atoms with Crippen molar-refractivity contribution in [3.8, 4) is 17.2 Å². The van der Waals surface area contributed by atoms with E-state index in [1.54, 1.807) is 0 Å². The number of hydrogen-bond donors (Lipinski definition) is 1. The second-order valence-electron chi connectivity index (χ2n) is 6.84. The zero-order valence-electron chi connectivity index (χ0n) is 16.4. The van der Waals surface area contributed by atoms with E-state index in [1.165, 1.54) is 0 Å². The van der Waals surface area contributed by atoms with Crippen molar-refractivity contribution in [2.75, 3.05) is 6.61 Å². The molecule has 0 saturated carbocycles. The van der Waals surface area contributed by atoms with Crippen molar-refractivity contribution < 1.29 is 13.9 Å². The molecule has 5 heteroatoms. The maximum absolute atomic E-state index is 11.4. The standard InChI is InChI=1S/C23H26N2O3/c1-3-18(22(24)26)15-17-9-11-20(12-10-17)27-14-13-21-16(2)28-23(25-21)19-7-5-4-6-8-19/h4-12,18H,3,13-15H2,1-2H3,(H2,24,26). The van der Waals surface area contributed by atoms with Crippen LogP contribution in [0.4, 0.5) is 0 Å². The van der Waals surface area contributed by atoms with Gasteiger partial charge in [-0.05, 0) is 49.6 Å². The molecular formula is C23H26N2O3. The van der Waals surface area contributed by atoms with Gasteiger partial charge >= 0.3 is 0 Å². The number of carbonyl (C=O) groups excluding carboxylic acids is 1. The molecule has 3 rings (SSSR count). The highest BCUT2D eigenvalue weighted by atomic mass is 16.5. The molecule has 1 amide bonds. The Bertz CT molecular complexity index is 901. The van der Waals surface area contributed by atoms with Crippen molar-refractivity contribution in [2.45, 2.75) is 33.1 Å². The molecule has 2 aromatic carbocycles. The number of aromatic nitrogens is 1. The fourth-order valence-electron chi connectivity index (χ4n) is 3.08. The molecule has 5 nitrogen and oxygen atoms in total. The largest absolute Gasteiger partial charge is 0.493 e. The molecule has 1 heterocycles. The first-order valence-electron chi connectivity index (χ1n) is 9.59. The summed E-state index contributed by atoms with van der Waals surface area (Å²) in [5.74, 6) is 1.87. The molecule has 0 aliphatic rings. The van der Waals surface area contributed by atoms with Gasteiger partial charge in [-0.15, -0.1) is 0 Å². The molecular weight excluding hydrogens is 352 g/mol. The van der Waals surface area contributed by atoms with Gasteiger partial charge in [0.25, 0.3) is 0 Å². The van der Waals surface area contributed by atoms with Crippen LogP contribution in [0.5, 0.6) is 5.75 Å². The van der Waals surface area contributed by atoms with Gasteiger partial charge in [0, 0.05) is 17.9 Å². The number of nitrogens with zero attached hydrogens (tertiary/aromatic N) is 1. The lowest BCUT2D eigenvalue weighted by Crippen LogP contribution is -2.24. The molecule has 0 radical (unpaired) electrons. The molecule has 0 bridgehead atoms. The molecule has 0 fully saturated rings. The number of rotatable bonds is 9. The van der Waals surface area contributed by atoms with Crippen LogP contribution in [-0.4, -0.2) is 17.5 Å². The Kier molecular flexibility index (Phi) is 6.48. The quantitative estimate of drug-likeness (QED) is 0.601. The molecule has 0 spiro atoms. The van der Waals surface area contributed by atoms with Gasteiger partial charge in [-0.2, -0.15) is 0 Å². The lowest BCUT2D eigenvalue weighted by atomic mass is 9.96. The minimum atomic E-state index is -0.249. The summed E-state index contributed by atoms with van der Waals surface area (Å²) in [4.78, 5) is 16.0. The van der Waals surface area contributed by atoms with E-state index in [2.05, 4.69) is 4.98 Å². The molecule has 1 atom stereocenters. The van der Waals surface area contributed by atoms with Gasteiger partial charge in [-0.3, -0.25) is 4.79 Å². The Labute approximate surface area is 165 Å². The topological polar surface area (TPSA) is 78.3 Å². The van der Waals surface area contributed by atoms with Crippen molar-refractivity contribution in [1.82, 2.24) is 4.98 Å². The average molecular weight is 378 g/mol. The van der Waals surface area contributed by atoms with E-state index >= 15 is 0 Å². The van der Waals surface area contributed by atoms with E-state index in [9.17, 15) is 4.79 Å². The van der Waals surface area contributed by atoms with Crippen molar-refractivity contribution in [1.29, 1.82) is 0 Å². The number of ether oxygens (including phenoxy) is 1. The van der Waals surface area contributed by atoms with E-state index < -0.39 is 0 Å². The van der Waals surface area contributed by atoms with Gasteiger partial charge in [0.15, 0.2) is 0 Å². The summed E-state index contributed by atoms with van der Waals surface area (Å²) in [5.41, 5.74) is 8.37. The predicted molar refractivity (Wildman–Crippen MR) is 109 cm³/mol. The Balaban J connectivity index is 1.54. The molecule has 146 valence electrons. The zero-order chi connectivity index (χ0) is 19.9. The third-order valence-corrected chi connectivity index (χ3v) is 4.82. The summed E-state index contributed by atoms with van der Waals surface area (Å²) in [7, 11) is 0. The lowest BCUT2D eigenvalue weighted by molar-refractivity contribution is -0.121. The zero-order valence-corrected chi connectivity index (χ0v) is 16.4. The van der Waals surface area contributed by atoms with Crippen molar-refractivity contribution >= 4 is 5.91 Å². The minimum Gasteiger partial charge on any atom is -0.493 e. The average Bonchev–Trinajstić information content (AvgIpc) is 3.08. The predicted octanol–water partition coefficient (Wildman–Crippen LogP) is 4.33. The Morgan fingerprint density at radius 1 is 1.14 bits per heavy atom. The van der Waals surface area contributed by atoms with E-state index in [0.29, 0.717) is 25.3 Å². The first kappa shape index (κ1) is 19.7. The summed E-state index contributed by atoms with van der Waals surface area (Å²) >= 11 is 0. The molecule has 28 heavy (non-hydrogen) atoms. The van der Waals surface area contributed by atoms with E-state index in [-0.39, 0.29) is 11.8 Å². The van der Waals surface area contributed by atoms with Crippen LogP contribution in [-0.2, 0) is 17.6 Å². The van der Waals surface area contributed by atoms with Crippen LogP contribution in [0.2, 0.25) is 0 Å². The van der Waals surface area contributed by atoms with E-state index in [4.69, 9.17) is 14.9 Å².